The third kappa shape index (κ3) is 4.88. The van der Waals surface area contributed by atoms with Gasteiger partial charge in [-0.1, -0.05) is 127 Å². The summed E-state index contributed by atoms with van der Waals surface area (Å²) in [6.07, 6.45) is 4.59. The summed E-state index contributed by atoms with van der Waals surface area (Å²) < 4.78 is 0. The van der Waals surface area contributed by atoms with Gasteiger partial charge in [0.25, 0.3) is 0 Å². The Labute approximate surface area is 263 Å². The Kier molecular flexibility index (Phi) is 6.76. The lowest BCUT2D eigenvalue weighted by Gasteiger charge is -2.23. The Balaban J connectivity index is 1.22. The van der Waals surface area contributed by atoms with Crippen LogP contribution in [-0.4, -0.2) is 27.5 Å². The molecule has 1 unspecified atom stereocenters. The van der Waals surface area contributed by atoms with Crippen molar-refractivity contribution < 1.29 is 0 Å². The van der Waals surface area contributed by atoms with Crippen molar-refractivity contribution in [2.75, 3.05) is 16.3 Å². The average molecular weight is 582 g/mol. The quantitative estimate of drug-likeness (QED) is 0.203. The normalized spacial score (nSPS) is 17.1. The summed E-state index contributed by atoms with van der Waals surface area (Å²) >= 11 is 0. The van der Waals surface area contributed by atoms with Gasteiger partial charge in [0.15, 0.2) is 11.6 Å². The first-order valence-corrected chi connectivity index (χ1v) is 15.3. The Hall–Kier alpha value is -5.81. The van der Waals surface area contributed by atoms with E-state index in [4.69, 9.17) is 15.0 Å². The van der Waals surface area contributed by atoms with Crippen LogP contribution in [0, 0.1) is 0 Å². The number of hydrogen-bond donors (Lipinski definition) is 0. The average Bonchev–Trinajstić information content (AvgIpc) is 3.62. The van der Waals surface area contributed by atoms with E-state index in [0.717, 1.165) is 23.4 Å². The molecule has 5 nitrogen and oxygen atoms in total. The van der Waals surface area contributed by atoms with Gasteiger partial charge in [-0.2, -0.15) is 9.97 Å². The summed E-state index contributed by atoms with van der Waals surface area (Å²) in [5, 5.41) is 0. The number of para-hydroxylation sites is 3. The number of nitrogens with zero attached hydrogens (tertiary/aromatic N) is 5. The largest absolute Gasteiger partial charge is 0.336 e. The monoisotopic (exact) mass is 581 g/mol. The van der Waals surface area contributed by atoms with E-state index in [1.165, 1.54) is 33.6 Å². The summed E-state index contributed by atoms with van der Waals surface area (Å²) in [4.78, 5) is 19.7. The molecule has 0 spiro atoms. The molecule has 5 heteroatoms. The minimum atomic E-state index is 0.00997. The zero-order chi connectivity index (χ0) is 30.2. The summed E-state index contributed by atoms with van der Waals surface area (Å²) in [6, 6.07) is 48.1. The van der Waals surface area contributed by atoms with Gasteiger partial charge in [0.1, 0.15) is 0 Å². The van der Waals surface area contributed by atoms with Crippen molar-refractivity contribution in [2.24, 2.45) is 0 Å². The Bertz CT molecular complexity index is 1990. The van der Waals surface area contributed by atoms with Crippen LogP contribution in [0.1, 0.15) is 18.1 Å². The molecule has 0 aliphatic carbocycles. The van der Waals surface area contributed by atoms with E-state index in [0.29, 0.717) is 17.6 Å². The molecule has 8 rings (SSSR count). The summed E-state index contributed by atoms with van der Waals surface area (Å²) in [7, 11) is 0. The van der Waals surface area contributed by atoms with Crippen molar-refractivity contribution in [2.45, 2.75) is 13.0 Å². The molecule has 0 saturated carbocycles. The molecule has 0 N–H and O–H groups in total. The van der Waals surface area contributed by atoms with E-state index in [1.54, 1.807) is 0 Å². The highest BCUT2D eigenvalue weighted by Gasteiger charge is 2.34. The first-order valence-electron chi connectivity index (χ1n) is 15.3. The van der Waals surface area contributed by atoms with Crippen LogP contribution in [0.15, 0.2) is 152 Å². The fraction of sp³-hybridized carbons (Fsp3) is 0.0750. The number of aromatic nitrogens is 3. The third-order valence-corrected chi connectivity index (χ3v) is 8.62. The van der Waals surface area contributed by atoms with Gasteiger partial charge in [-0.15, -0.1) is 0 Å². The van der Waals surface area contributed by atoms with Gasteiger partial charge in [-0.3, -0.25) is 0 Å². The number of anilines is 4. The maximum Gasteiger partial charge on any atom is 0.234 e. The number of hydrogen-bond acceptors (Lipinski definition) is 5. The Morgan fingerprint density at radius 1 is 0.556 bits per heavy atom. The van der Waals surface area contributed by atoms with Crippen molar-refractivity contribution in [3.8, 4) is 22.8 Å². The number of allylic oxidation sites excluding steroid dienone is 2. The molecule has 0 bridgehead atoms. The van der Waals surface area contributed by atoms with Crippen LogP contribution >= 0.6 is 0 Å². The van der Waals surface area contributed by atoms with Crippen LogP contribution in [0.4, 0.5) is 23.0 Å². The first-order chi connectivity index (χ1) is 22.2. The van der Waals surface area contributed by atoms with Crippen molar-refractivity contribution in [1.82, 2.24) is 15.0 Å². The van der Waals surface area contributed by atoms with Gasteiger partial charge in [0, 0.05) is 40.2 Å². The molecule has 0 saturated heterocycles. The smallest absolute Gasteiger partial charge is 0.234 e. The third-order valence-electron chi connectivity index (χ3n) is 8.62. The van der Waals surface area contributed by atoms with Gasteiger partial charge in [0.05, 0.1) is 11.7 Å². The highest BCUT2D eigenvalue weighted by atomic mass is 15.3. The van der Waals surface area contributed by atoms with Gasteiger partial charge in [0.2, 0.25) is 5.95 Å². The number of rotatable bonds is 5. The highest BCUT2D eigenvalue weighted by Crippen LogP contribution is 2.45. The number of benzene rings is 5. The minimum Gasteiger partial charge on any atom is -0.336 e. The SMILES string of the molecule is CC1/C(=C\C=C2/CN(c3ccccc3)c3ccccc32)c2ccccc2N1c1nc(-c2ccccc2)nc(-c2ccccc2)n1. The van der Waals surface area contributed by atoms with Crippen LogP contribution in [0.25, 0.3) is 33.9 Å². The highest BCUT2D eigenvalue weighted by molar-refractivity contribution is 5.94. The van der Waals surface area contributed by atoms with Gasteiger partial charge in [-0.25, -0.2) is 4.98 Å². The zero-order valence-corrected chi connectivity index (χ0v) is 25.0. The fourth-order valence-electron chi connectivity index (χ4n) is 6.41. The molecule has 6 aromatic rings. The predicted molar refractivity (Wildman–Crippen MR) is 185 cm³/mol. The van der Waals surface area contributed by atoms with Crippen LogP contribution < -0.4 is 9.80 Å². The Morgan fingerprint density at radius 3 is 1.73 bits per heavy atom. The second-order valence-electron chi connectivity index (χ2n) is 11.3. The van der Waals surface area contributed by atoms with Crippen molar-refractivity contribution >= 4 is 34.2 Å². The molecular weight excluding hydrogens is 550 g/mol. The molecule has 0 amide bonds. The van der Waals surface area contributed by atoms with E-state index in [9.17, 15) is 0 Å². The van der Waals surface area contributed by atoms with Crippen molar-refractivity contribution in [1.29, 1.82) is 0 Å². The topological polar surface area (TPSA) is 45.2 Å². The molecule has 0 radical (unpaired) electrons. The molecule has 5 aromatic carbocycles. The molecule has 45 heavy (non-hydrogen) atoms. The standard InChI is InChI=1S/C40H31N5/c1-28-33(26-25-31-27-44(32-19-9-4-10-20-32)36-23-13-11-21-34(31)36)35-22-12-14-24-37(35)45(28)40-42-38(29-15-5-2-6-16-29)41-39(43-40)30-17-7-3-8-18-30/h2-26,28H,27H2,1H3/b31-25+,33-26+. The predicted octanol–water partition coefficient (Wildman–Crippen LogP) is 9.36. The lowest BCUT2D eigenvalue weighted by molar-refractivity contribution is 0.862. The minimum absolute atomic E-state index is 0.00997. The lowest BCUT2D eigenvalue weighted by Crippen LogP contribution is -2.26. The van der Waals surface area contributed by atoms with E-state index in [-0.39, 0.29) is 6.04 Å². The molecule has 0 fully saturated rings. The molecule has 1 aromatic heterocycles. The lowest BCUT2D eigenvalue weighted by atomic mass is 10.0. The van der Waals surface area contributed by atoms with Crippen molar-refractivity contribution in [3.63, 3.8) is 0 Å². The molecular formula is C40H31N5. The van der Waals surface area contributed by atoms with Crippen molar-refractivity contribution in [3.05, 3.63) is 163 Å². The van der Waals surface area contributed by atoms with E-state index >= 15 is 0 Å². The maximum absolute atomic E-state index is 5.06. The zero-order valence-electron chi connectivity index (χ0n) is 25.0. The molecule has 2 aliphatic rings. The first kappa shape index (κ1) is 26.8. The van der Waals surface area contributed by atoms with Gasteiger partial charge in [-0.05, 0) is 42.3 Å². The summed E-state index contributed by atoms with van der Waals surface area (Å²) in [5.74, 6) is 1.96. The number of fused-ring (bicyclic) bond motifs is 2. The molecule has 216 valence electrons. The van der Waals surface area contributed by atoms with E-state index < -0.39 is 0 Å². The van der Waals surface area contributed by atoms with E-state index in [2.05, 4.69) is 108 Å². The fourth-order valence-corrected chi connectivity index (χ4v) is 6.41. The van der Waals surface area contributed by atoms with Crippen LogP contribution in [0.3, 0.4) is 0 Å². The van der Waals surface area contributed by atoms with E-state index in [1.807, 2.05) is 60.7 Å². The van der Waals surface area contributed by atoms with Crippen LogP contribution in [-0.2, 0) is 0 Å². The maximum atomic E-state index is 5.06. The second kappa shape index (κ2) is 11.4. The van der Waals surface area contributed by atoms with Gasteiger partial charge >= 0.3 is 0 Å². The van der Waals surface area contributed by atoms with Crippen LogP contribution in [0.2, 0.25) is 0 Å². The molecule has 1 atom stereocenters. The Morgan fingerprint density at radius 2 is 1.09 bits per heavy atom. The molecule has 2 aliphatic heterocycles. The second-order valence-corrected chi connectivity index (χ2v) is 11.3. The summed E-state index contributed by atoms with van der Waals surface area (Å²) in [5.41, 5.74) is 10.4. The summed E-state index contributed by atoms with van der Waals surface area (Å²) in [6.45, 7) is 3.05. The van der Waals surface area contributed by atoms with Gasteiger partial charge < -0.3 is 9.80 Å². The van der Waals surface area contributed by atoms with Crippen LogP contribution in [0.5, 0.6) is 0 Å². The molecule has 3 heterocycles.